The lowest BCUT2D eigenvalue weighted by Crippen LogP contribution is -2.28. The van der Waals surface area contributed by atoms with Gasteiger partial charge in [-0.3, -0.25) is 0 Å². The van der Waals surface area contributed by atoms with Crippen LogP contribution in [-0.2, 0) is 12.0 Å². The molecular weight excluding hydrogens is 210 g/mol. The van der Waals surface area contributed by atoms with Gasteiger partial charge in [0.15, 0.2) is 0 Å². The molecular formula is C14H21N3. The Morgan fingerprint density at radius 2 is 2.06 bits per heavy atom. The summed E-state index contributed by atoms with van der Waals surface area (Å²) in [6.45, 7) is 8.42. The molecule has 0 bridgehead atoms. The molecule has 2 aromatic rings. The fourth-order valence-electron chi connectivity index (χ4n) is 1.95. The van der Waals surface area contributed by atoms with E-state index in [1.54, 1.807) is 0 Å². The maximum Gasteiger partial charge on any atom is 0.107 e. The lowest BCUT2D eigenvalue weighted by atomic mass is 9.95. The Balaban J connectivity index is 2.41. The number of rotatable bonds is 3. The van der Waals surface area contributed by atoms with Crippen LogP contribution in [0.15, 0.2) is 18.2 Å². The second kappa shape index (κ2) is 4.15. The molecule has 0 saturated carbocycles. The van der Waals surface area contributed by atoms with Crippen molar-refractivity contribution < 1.29 is 0 Å². The normalized spacial score (nSPS) is 12.6. The Kier molecular flexibility index (Phi) is 2.96. The Morgan fingerprint density at radius 3 is 2.65 bits per heavy atom. The van der Waals surface area contributed by atoms with Gasteiger partial charge in [-0.05, 0) is 37.5 Å². The average Bonchev–Trinajstić information content (AvgIpc) is 2.55. The maximum atomic E-state index is 6.10. The molecule has 1 heterocycles. The predicted octanol–water partition coefficient (Wildman–Crippen LogP) is 2.96. The molecule has 0 aliphatic carbocycles. The van der Waals surface area contributed by atoms with E-state index in [1.807, 2.05) is 19.9 Å². The number of imidazole rings is 1. The Bertz CT molecular complexity index is 518. The van der Waals surface area contributed by atoms with E-state index in [-0.39, 0.29) is 5.54 Å². The molecule has 3 heteroatoms. The van der Waals surface area contributed by atoms with E-state index >= 15 is 0 Å². The van der Waals surface area contributed by atoms with E-state index in [2.05, 4.69) is 35.9 Å². The van der Waals surface area contributed by atoms with Crippen molar-refractivity contribution in [2.24, 2.45) is 11.7 Å². The molecule has 3 nitrogen and oxygen atoms in total. The largest absolute Gasteiger partial charge is 0.342 e. The van der Waals surface area contributed by atoms with Gasteiger partial charge in [-0.15, -0.1) is 0 Å². The monoisotopic (exact) mass is 231 g/mol. The number of aromatic amines is 1. The summed E-state index contributed by atoms with van der Waals surface area (Å²) in [5.74, 6) is 1.67. The lowest BCUT2D eigenvalue weighted by molar-refractivity contribution is 0.555. The predicted molar refractivity (Wildman–Crippen MR) is 71.8 cm³/mol. The minimum atomic E-state index is -0.308. The number of benzene rings is 1. The summed E-state index contributed by atoms with van der Waals surface area (Å²) in [7, 11) is 0. The van der Waals surface area contributed by atoms with Crippen molar-refractivity contribution >= 4 is 11.0 Å². The van der Waals surface area contributed by atoms with Gasteiger partial charge in [-0.2, -0.15) is 0 Å². The number of H-pyrrole nitrogens is 1. The molecule has 0 fully saturated rings. The van der Waals surface area contributed by atoms with Gasteiger partial charge in [0.2, 0.25) is 0 Å². The molecule has 92 valence electrons. The van der Waals surface area contributed by atoms with Gasteiger partial charge < -0.3 is 10.7 Å². The second-order valence-electron chi connectivity index (χ2n) is 5.74. The third kappa shape index (κ3) is 2.67. The van der Waals surface area contributed by atoms with Gasteiger partial charge in [0.05, 0.1) is 11.0 Å². The third-order valence-corrected chi connectivity index (χ3v) is 2.88. The number of nitrogens with one attached hydrogen (secondary N) is 1. The maximum absolute atomic E-state index is 6.10. The lowest BCUT2D eigenvalue weighted by Gasteiger charge is -2.18. The number of nitrogens with zero attached hydrogens (tertiary/aromatic N) is 1. The Hall–Kier alpha value is -1.35. The number of hydrogen-bond donors (Lipinski definition) is 2. The summed E-state index contributed by atoms with van der Waals surface area (Å²) in [4.78, 5) is 7.95. The first-order valence-electron chi connectivity index (χ1n) is 6.14. The highest BCUT2D eigenvalue weighted by molar-refractivity contribution is 5.76. The molecule has 0 unspecified atom stereocenters. The molecule has 1 aromatic carbocycles. The summed E-state index contributed by atoms with van der Waals surface area (Å²) in [6, 6.07) is 6.20. The molecule has 0 aliphatic rings. The first-order chi connectivity index (χ1) is 7.86. The van der Waals surface area contributed by atoms with Crippen LogP contribution in [0.25, 0.3) is 11.0 Å². The third-order valence-electron chi connectivity index (χ3n) is 2.88. The minimum absolute atomic E-state index is 0.308. The first kappa shape index (κ1) is 12.1. The van der Waals surface area contributed by atoms with Crippen LogP contribution in [0.4, 0.5) is 0 Å². The molecule has 0 atom stereocenters. The van der Waals surface area contributed by atoms with Crippen LogP contribution < -0.4 is 5.73 Å². The van der Waals surface area contributed by atoms with Crippen LogP contribution in [0, 0.1) is 5.92 Å². The zero-order valence-electron chi connectivity index (χ0n) is 11.0. The first-order valence-corrected chi connectivity index (χ1v) is 6.14. The van der Waals surface area contributed by atoms with Crippen molar-refractivity contribution in [3.8, 4) is 0 Å². The standard InChI is InChI=1S/C14H21N3/c1-9(2)7-13-16-11-6-5-10(14(3,4)15)8-12(11)17-13/h5-6,8-9H,7,15H2,1-4H3,(H,16,17). The van der Waals surface area contributed by atoms with Crippen molar-refractivity contribution in [2.75, 3.05) is 0 Å². The van der Waals surface area contributed by atoms with Crippen LogP contribution in [0.2, 0.25) is 0 Å². The van der Waals surface area contributed by atoms with E-state index in [0.29, 0.717) is 5.92 Å². The second-order valence-corrected chi connectivity index (χ2v) is 5.74. The van der Waals surface area contributed by atoms with Gasteiger partial charge in [-0.25, -0.2) is 4.98 Å². The summed E-state index contributed by atoms with van der Waals surface area (Å²) < 4.78 is 0. The fraction of sp³-hybridized carbons (Fsp3) is 0.500. The molecule has 17 heavy (non-hydrogen) atoms. The van der Waals surface area contributed by atoms with E-state index < -0.39 is 0 Å². The van der Waals surface area contributed by atoms with E-state index in [4.69, 9.17) is 5.73 Å². The molecule has 0 amide bonds. The van der Waals surface area contributed by atoms with Crippen molar-refractivity contribution in [3.63, 3.8) is 0 Å². The van der Waals surface area contributed by atoms with Crippen LogP contribution >= 0.6 is 0 Å². The van der Waals surface area contributed by atoms with E-state index in [9.17, 15) is 0 Å². The van der Waals surface area contributed by atoms with Crippen LogP contribution in [-0.4, -0.2) is 9.97 Å². The van der Waals surface area contributed by atoms with Gasteiger partial charge in [-0.1, -0.05) is 19.9 Å². The van der Waals surface area contributed by atoms with Crippen LogP contribution in [0.5, 0.6) is 0 Å². The van der Waals surface area contributed by atoms with Crippen molar-refractivity contribution in [1.82, 2.24) is 9.97 Å². The van der Waals surface area contributed by atoms with Crippen LogP contribution in [0.1, 0.15) is 39.1 Å². The summed E-state index contributed by atoms with van der Waals surface area (Å²) in [5.41, 5.74) is 9.02. The number of fused-ring (bicyclic) bond motifs is 1. The number of nitrogens with two attached hydrogens (primary N) is 1. The molecule has 0 spiro atoms. The quantitative estimate of drug-likeness (QED) is 0.853. The summed E-state index contributed by atoms with van der Waals surface area (Å²) in [5, 5.41) is 0. The molecule has 0 saturated heterocycles. The zero-order valence-corrected chi connectivity index (χ0v) is 11.0. The highest BCUT2D eigenvalue weighted by Crippen LogP contribution is 2.22. The number of hydrogen-bond acceptors (Lipinski definition) is 2. The summed E-state index contributed by atoms with van der Waals surface area (Å²) >= 11 is 0. The van der Waals surface area contributed by atoms with Crippen molar-refractivity contribution in [2.45, 2.75) is 39.7 Å². The average molecular weight is 231 g/mol. The van der Waals surface area contributed by atoms with Gasteiger partial charge in [0, 0.05) is 12.0 Å². The van der Waals surface area contributed by atoms with Gasteiger partial charge in [0.1, 0.15) is 5.82 Å². The minimum Gasteiger partial charge on any atom is -0.342 e. The van der Waals surface area contributed by atoms with Crippen molar-refractivity contribution in [1.29, 1.82) is 0 Å². The van der Waals surface area contributed by atoms with Crippen LogP contribution in [0.3, 0.4) is 0 Å². The highest BCUT2D eigenvalue weighted by atomic mass is 14.9. The Morgan fingerprint density at radius 1 is 1.35 bits per heavy atom. The highest BCUT2D eigenvalue weighted by Gasteiger charge is 2.15. The van der Waals surface area contributed by atoms with E-state index in [0.717, 1.165) is 28.8 Å². The zero-order chi connectivity index (χ0) is 12.6. The molecule has 2 rings (SSSR count). The smallest absolute Gasteiger partial charge is 0.107 e. The fourth-order valence-corrected chi connectivity index (χ4v) is 1.95. The molecule has 0 radical (unpaired) electrons. The molecule has 3 N–H and O–H groups in total. The summed E-state index contributed by atoms with van der Waals surface area (Å²) in [6.07, 6.45) is 0.982. The van der Waals surface area contributed by atoms with Crippen molar-refractivity contribution in [3.05, 3.63) is 29.6 Å². The topological polar surface area (TPSA) is 54.7 Å². The van der Waals surface area contributed by atoms with E-state index in [1.165, 1.54) is 0 Å². The van der Waals surface area contributed by atoms with Gasteiger partial charge in [0.25, 0.3) is 0 Å². The molecule has 0 aliphatic heterocycles. The number of aromatic nitrogens is 2. The SMILES string of the molecule is CC(C)Cc1nc2ccc(C(C)(C)N)cc2[nH]1. The Labute approximate surface area is 102 Å². The van der Waals surface area contributed by atoms with Gasteiger partial charge >= 0.3 is 0 Å². The molecule has 1 aromatic heterocycles.